The number of carbonyl (C=O) groups excluding carboxylic acids is 2. The Kier molecular flexibility index (Phi) is 6.03. The van der Waals surface area contributed by atoms with Gasteiger partial charge in [0, 0.05) is 34.2 Å². The number of aryl methyl sites for hydroxylation is 1. The molecule has 1 heterocycles. The molecule has 2 amide bonds. The molecular weight excluding hydrogens is 442 g/mol. The van der Waals surface area contributed by atoms with Crippen LogP contribution in [-0.2, 0) is 4.79 Å². The highest BCUT2D eigenvalue weighted by atomic mass is 79.9. The lowest BCUT2D eigenvalue weighted by Crippen LogP contribution is -2.33. The average molecular weight is 458 g/mol. The topological polar surface area (TPSA) is 119 Å². The fourth-order valence-corrected chi connectivity index (χ4v) is 3.13. The fourth-order valence-electron chi connectivity index (χ4n) is 2.66. The molecule has 9 nitrogen and oxygen atoms in total. The molecule has 29 heavy (non-hydrogen) atoms. The van der Waals surface area contributed by atoms with Gasteiger partial charge in [0.1, 0.15) is 5.69 Å². The van der Waals surface area contributed by atoms with Crippen LogP contribution in [0.3, 0.4) is 0 Å². The Morgan fingerprint density at radius 3 is 2.69 bits per heavy atom. The van der Waals surface area contributed by atoms with Crippen LogP contribution in [-0.4, -0.2) is 32.8 Å². The number of rotatable bonds is 6. The normalized spacial score (nSPS) is 10.4. The first kappa shape index (κ1) is 20.2. The van der Waals surface area contributed by atoms with Gasteiger partial charge in [-0.15, -0.1) is 0 Å². The molecule has 148 valence electrons. The zero-order valence-corrected chi connectivity index (χ0v) is 16.8. The van der Waals surface area contributed by atoms with Gasteiger partial charge in [0.25, 0.3) is 11.6 Å². The first-order chi connectivity index (χ1) is 13.8. The number of nitro groups is 1. The fraction of sp³-hybridized carbons (Fsp3) is 0.105. The van der Waals surface area contributed by atoms with Crippen LogP contribution in [0.2, 0.25) is 0 Å². The Hall–Kier alpha value is -3.53. The second-order valence-electron chi connectivity index (χ2n) is 6.12. The van der Waals surface area contributed by atoms with Gasteiger partial charge in [-0.25, -0.2) is 4.98 Å². The van der Waals surface area contributed by atoms with Crippen LogP contribution in [0.4, 0.5) is 11.4 Å². The SMILES string of the molecule is Cc1cc(Br)ccc1NC(=O)CNC(=O)c1ccc(-n2ccnc2)c([N+](=O)[O-])c1. The number of nitrogens with one attached hydrogen (secondary N) is 2. The van der Waals surface area contributed by atoms with Crippen LogP contribution in [0, 0.1) is 17.0 Å². The van der Waals surface area contributed by atoms with Gasteiger partial charge in [0.05, 0.1) is 17.8 Å². The highest BCUT2D eigenvalue weighted by Crippen LogP contribution is 2.24. The number of halogens is 1. The molecule has 3 aromatic rings. The van der Waals surface area contributed by atoms with Gasteiger partial charge in [-0.05, 0) is 42.8 Å². The zero-order chi connectivity index (χ0) is 21.0. The molecule has 3 rings (SSSR count). The van der Waals surface area contributed by atoms with E-state index in [-0.39, 0.29) is 23.5 Å². The third kappa shape index (κ3) is 4.85. The van der Waals surface area contributed by atoms with Crippen molar-refractivity contribution in [3.05, 3.63) is 80.8 Å². The van der Waals surface area contributed by atoms with E-state index in [0.29, 0.717) is 5.69 Å². The van der Waals surface area contributed by atoms with Crippen LogP contribution < -0.4 is 10.6 Å². The van der Waals surface area contributed by atoms with E-state index in [0.717, 1.165) is 10.0 Å². The maximum atomic E-state index is 12.3. The Bertz CT molecular complexity index is 1080. The summed E-state index contributed by atoms with van der Waals surface area (Å²) in [7, 11) is 0. The van der Waals surface area contributed by atoms with Gasteiger partial charge in [-0.3, -0.25) is 19.7 Å². The first-order valence-electron chi connectivity index (χ1n) is 8.46. The molecule has 0 aliphatic heterocycles. The molecule has 0 saturated carbocycles. The van der Waals surface area contributed by atoms with E-state index in [1.807, 2.05) is 13.0 Å². The maximum absolute atomic E-state index is 12.3. The van der Waals surface area contributed by atoms with E-state index < -0.39 is 16.7 Å². The summed E-state index contributed by atoms with van der Waals surface area (Å²) in [5.41, 5.74) is 1.61. The van der Waals surface area contributed by atoms with Gasteiger partial charge in [-0.2, -0.15) is 0 Å². The number of aromatic nitrogens is 2. The van der Waals surface area contributed by atoms with Gasteiger partial charge in [0.2, 0.25) is 5.91 Å². The van der Waals surface area contributed by atoms with Crippen molar-refractivity contribution in [3.63, 3.8) is 0 Å². The lowest BCUT2D eigenvalue weighted by Gasteiger charge is -2.10. The van der Waals surface area contributed by atoms with E-state index >= 15 is 0 Å². The molecule has 1 aromatic heterocycles. The molecule has 10 heteroatoms. The predicted molar refractivity (Wildman–Crippen MR) is 110 cm³/mol. The maximum Gasteiger partial charge on any atom is 0.294 e. The molecule has 0 spiro atoms. The highest BCUT2D eigenvalue weighted by molar-refractivity contribution is 9.10. The Morgan fingerprint density at radius 1 is 1.24 bits per heavy atom. The minimum Gasteiger partial charge on any atom is -0.343 e. The second kappa shape index (κ2) is 8.65. The quantitative estimate of drug-likeness (QED) is 0.434. The van der Waals surface area contributed by atoms with Crippen LogP contribution in [0.5, 0.6) is 0 Å². The van der Waals surface area contributed by atoms with E-state index in [1.165, 1.54) is 35.3 Å². The van der Waals surface area contributed by atoms with Crippen molar-refractivity contribution in [2.75, 3.05) is 11.9 Å². The van der Waals surface area contributed by atoms with Gasteiger partial charge in [-0.1, -0.05) is 15.9 Å². The van der Waals surface area contributed by atoms with Crippen LogP contribution in [0.15, 0.2) is 59.6 Å². The number of hydrogen-bond donors (Lipinski definition) is 2. The summed E-state index contributed by atoms with van der Waals surface area (Å²) in [5, 5.41) is 16.6. The monoisotopic (exact) mass is 457 g/mol. The molecular formula is C19H16BrN5O4. The van der Waals surface area contributed by atoms with E-state index in [1.54, 1.807) is 18.3 Å². The molecule has 0 aliphatic rings. The van der Waals surface area contributed by atoms with Crippen molar-refractivity contribution < 1.29 is 14.5 Å². The van der Waals surface area contributed by atoms with Crippen molar-refractivity contribution >= 4 is 39.1 Å². The van der Waals surface area contributed by atoms with Crippen molar-refractivity contribution in [3.8, 4) is 5.69 Å². The lowest BCUT2D eigenvalue weighted by atomic mass is 10.1. The number of nitrogens with zero attached hydrogens (tertiary/aromatic N) is 3. The number of benzene rings is 2. The summed E-state index contributed by atoms with van der Waals surface area (Å²) in [5.74, 6) is -0.999. The van der Waals surface area contributed by atoms with Crippen molar-refractivity contribution in [2.45, 2.75) is 6.92 Å². The summed E-state index contributed by atoms with van der Waals surface area (Å²) in [4.78, 5) is 39.1. The average Bonchev–Trinajstić information content (AvgIpc) is 3.22. The van der Waals surface area contributed by atoms with Gasteiger partial charge < -0.3 is 15.2 Å². The van der Waals surface area contributed by atoms with Gasteiger partial charge in [0.15, 0.2) is 0 Å². The van der Waals surface area contributed by atoms with Crippen LogP contribution >= 0.6 is 15.9 Å². The summed E-state index contributed by atoms with van der Waals surface area (Å²) in [6, 6.07) is 9.48. The first-order valence-corrected chi connectivity index (χ1v) is 9.25. The predicted octanol–water partition coefficient (Wildman–Crippen LogP) is 3.22. The Labute approximate surface area is 174 Å². The standard InChI is InChI=1S/C19H16BrN5O4/c1-12-8-14(20)3-4-15(12)23-18(26)10-22-19(27)13-2-5-16(17(9-13)25(28)29)24-7-6-21-11-24/h2-9,11H,10H2,1H3,(H,22,27)(H,23,26). The molecule has 0 atom stereocenters. The molecule has 2 aromatic carbocycles. The second-order valence-corrected chi connectivity index (χ2v) is 7.04. The lowest BCUT2D eigenvalue weighted by molar-refractivity contribution is -0.384. The smallest absolute Gasteiger partial charge is 0.294 e. The highest BCUT2D eigenvalue weighted by Gasteiger charge is 2.19. The Morgan fingerprint density at radius 2 is 2.03 bits per heavy atom. The minimum atomic E-state index is -0.590. The molecule has 0 aliphatic carbocycles. The molecule has 0 radical (unpaired) electrons. The molecule has 0 unspecified atom stereocenters. The number of anilines is 1. The number of imidazole rings is 1. The third-order valence-corrected chi connectivity index (χ3v) is 4.58. The van der Waals surface area contributed by atoms with Gasteiger partial charge >= 0.3 is 0 Å². The van der Waals surface area contributed by atoms with Crippen molar-refractivity contribution in [1.82, 2.24) is 14.9 Å². The summed E-state index contributed by atoms with van der Waals surface area (Å²) in [6.45, 7) is 1.57. The Balaban J connectivity index is 1.68. The number of hydrogen-bond acceptors (Lipinski definition) is 5. The molecule has 2 N–H and O–H groups in total. The zero-order valence-electron chi connectivity index (χ0n) is 15.3. The van der Waals surface area contributed by atoms with E-state index in [9.17, 15) is 19.7 Å². The molecule has 0 fully saturated rings. The van der Waals surface area contributed by atoms with Crippen molar-refractivity contribution in [2.24, 2.45) is 0 Å². The summed E-state index contributed by atoms with van der Waals surface area (Å²) >= 11 is 3.35. The number of carbonyl (C=O) groups is 2. The number of amides is 2. The molecule has 0 bridgehead atoms. The van der Waals surface area contributed by atoms with E-state index in [2.05, 4.69) is 31.5 Å². The van der Waals surface area contributed by atoms with Crippen molar-refractivity contribution in [1.29, 1.82) is 0 Å². The van der Waals surface area contributed by atoms with E-state index in [4.69, 9.17) is 0 Å². The summed E-state index contributed by atoms with van der Waals surface area (Å²) < 4.78 is 2.37. The molecule has 0 saturated heterocycles. The third-order valence-electron chi connectivity index (χ3n) is 4.09. The van der Waals surface area contributed by atoms with Crippen LogP contribution in [0.25, 0.3) is 5.69 Å². The number of nitro benzene ring substituents is 1. The largest absolute Gasteiger partial charge is 0.343 e. The minimum absolute atomic E-state index is 0.0770. The van der Waals surface area contributed by atoms with Crippen LogP contribution in [0.1, 0.15) is 15.9 Å². The summed E-state index contributed by atoms with van der Waals surface area (Å²) in [6.07, 6.45) is 4.49.